The molecule has 0 radical (unpaired) electrons. The molecule has 120 valence electrons. The van der Waals surface area contributed by atoms with Crippen molar-refractivity contribution < 1.29 is 13.5 Å². The molecular weight excluding hydrogens is 292 g/mol. The summed E-state index contributed by atoms with van der Waals surface area (Å²) in [4.78, 5) is 2.37. The van der Waals surface area contributed by atoms with E-state index in [2.05, 4.69) is 14.7 Å². The highest BCUT2D eigenvalue weighted by Gasteiger charge is 2.20. The number of aliphatic hydroxyl groups is 1. The summed E-state index contributed by atoms with van der Waals surface area (Å²) in [6, 6.07) is 0.585. The van der Waals surface area contributed by atoms with E-state index >= 15 is 0 Å². The Morgan fingerprint density at radius 1 is 1.48 bits per heavy atom. The minimum absolute atomic E-state index is 0.0687. The minimum Gasteiger partial charge on any atom is -0.394 e. The molecule has 1 fully saturated rings. The zero-order chi connectivity index (χ0) is 15.3. The zero-order valence-electron chi connectivity index (χ0n) is 12.4. The second-order valence-electron chi connectivity index (χ2n) is 5.48. The highest BCUT2D eigenvalue weighted by molar-refractivity contribution is 7.89. The molecule has 1 aliphatic rings. The number of sulfonamides is 1. The summed E-state index contributed by atoms with van der Waals surface area (Å²) in [5.41, 5.74) is 0. The first-order valence-corrected chi connectivity index (χ1v) is 8.84. The van der Waals surface area contributed by atoms with Gasteiger partial charge in [0.15, 0.2) is 0 Å². The Kier molecular flexibility index (Phi) is 5.74. The molecule has 2 N–H and O–H groups in total. The maximum atomic E-state index is 12.1. The lowest BCUT2D eigenvalue weighted by molar-refractivity contribution is 0.250. The summed E-state index contributed by atoms with van der Waals surface area (Å²) in [5, 5.41) is 12.7. The van der Waals surface area contributed by atoms with Gasteiger partial charge in [-0.15, -0.1) is 0 Å². The van der Waals surface area contributed by atoms with Crippen molar-refractivity contribution >= 4 is 10.0 Å². The van der Waals surface area contributed by atoms with Crippen molar-refractivity contribution in [2.45, 2.75) is 43.2 Å². The molecule has 7 nitrogen and oxygen atoms in total. The summed E-state index contributed by atoms with van der Waals surface area (Å²) in [7, 11) is -1.47. The van der Waals surface area contributed by atoms with Crippen LogP contribution in [0.4, 0.5) is 0 Å². The van der Waals surface area contributed by atoms with Crippen LogP contribution in [-0.2, 0) is 16.6 Å². The standard InChI is InChI=1S/C13H24N4O3S/c1-16(12-4-2-3-5-12)7-6-15-21(19,20)13-10-14-17(11-13)8-9-18/h10-12,15,18H,2-9H2,1H3. The fourth-order valence-corrected chi connectivity index (χ4v) is 3.65. The number of rotatable bonds is 8. The van der Waals surface area contributed by atoms with Gasteiger partial charge in [-0.05, 0) is 19.9 Å². The maximum Gasteiger partial charge on any atom is 0.243 e. The predicted octanol–water partition coefficient (Wildman–Crippen LogP) is 0.0281. The van der Waals surface area contributed by atoms with Gasteiger partial charge in [0.25, 0.3) is 0 Å². The molecule has 0 aliphatic heterocycles. The first-order valence-electron chi connectivity index (χ1n) is 7.36. The van der Waals surface area contributed by atoms with E-state index in [0.29, 0.717) is 25.7 Å². The molecule has 1 aromatic rings. The molecular formula is C13H24N4O3S. The average Bonchev–Trinajstić information content (AvgIpc) is 3.10. The van der Waals surface area contributed by atoms with Crippen LogP contribution < -0.4 is 4.72 Å². The number of likely N-dealkylation sites (N-methyl/N-ethyl adjacent to an activating group) is 1. The Hall–Kier alpha value is -0.960. The second-order valence-corrected chi connectivity index (χ2v) is 7.25. The Bertz CT molecular complexity index is 537. The molecule has 21 heavy (non-hydrogen) atoms. The Morgan fingerprint density at radius 2 is 2.19 bits per heavy atom. The topological polar surface area (TPSA) is 87.5 Å². The van der Waals surface area contributed by atoms with Crippen LogP contribution in [0, 0.1) is 0 Å². The summed E-state index contributed by atoms with van der Waals surface area (Å²) >= 11 is 0. The van der Waals surface area contributed by atoms with Gasteiger partial charge < -0.3 is 10.0 Å². The third-order valence-electron chi connectivity index (χ3n) is 3.95. The smallest absolute Gasteiger partial charge is 0.243 e. The predicted molar refractivity (Wildman–Crippen MR) is 79.4 cm³/mol. The summed E-state index contributed by atoms with van der Waals surface area (Å²) in [6.45, 7) is 1.32. The van der Waals surface area contributed by atoms with E-state index in [0.717, 1.165) is 0 Å². The molecule has 1 aliphatic carbocycles. The molecule has 8 heteroatoms. The molecule has 1 aromatic heterocycles. The van der Waals surface area contributed by atoms with E-state index in [1.807, 2.05) is 7.05 Å². The Morgan fingerprint density at radius 3 is 2.86 bits per heavy atom. The number of hydrogen-bond acceptors (Lipinski definition) is 5. The number of nitrogens with one attached hydrogen (secondary N) is 1. The lowest BCUT2D eigenvalue weighted by Gasteiger charge is -2.23. The first kappa shape index (κ1) is 16.4. The van der Waals surface area contributed by atoms with Gasteiger partial charge in [-0.3, -0.25) is 4.68 Å². The van der Waals surface area contributed by atoms with Crippen LogP contribution in [0.3, 0.4) is 0 Å². The van der Waals surface area contributed by atoms with Gasteiger partial charge in [-0.2, -0.15) is 5.10 Å². The molecule has 0 saturated heterocycles. The van der Waals surface area contributed by atoms with Crippen molar-refractivity contribution in [1.29, 1.82) is 0 Å². The van der Waals surface area contributed by atoms with Crippen LogP contribution in [0.25, 0.3) is 0 Å². The minimum atomic E-state index is -3.52. The monoisotopic (exact) mass is 316 g/mol. The maximum absolute atomic E-state index is 12.1. The molecule has 1 heterocycles. The summed E-state index contributed by atoms with van der Waals surface area (Å²) in [6.07, 6.45) is 7.68. The van der Waals surface area contributed by atoms with Crippen LogP contribution in [0.15, 0.2) is 17.3 Å². The molecule has 0 amide bonds. The second kappa shape index (κ2) is 7.35. The van der Waals surface area contributed by atoms with E-state index in [-0.39, 0.29) is 11.5 Å². The van der Waals surface area contributed by atoms with Crippen molar-refractivity contribution in [2.75, 3.05) is 26.7 Å². The van der Waals surface area contributed by atoms with E-state index in [1.54, 1.807) is 0 Å². The number of nitrogens with zero attached hydrogens (tertiary/aromatic N) is 3. The fraction of sp³-hybridized carbons (Fsp3) is 0.769. The third kappa shape index (κ3) is 4.50. The number of aromatic nitrogens is 2. The van der Waals surface area contributed by atoms with Gasteiger partial charge in [-0.25, -0.2) is 13.1 Å². The van der Waals surface area contributed by atoms with Gasteiger partial charge in [0, 0.05) is 25.3 Å². The highest BCUT2D eigenvalue weighted by Crippen LogP contribution is 2.21. The molecule has 0 aromatic carbocycles. The molecule has 0 unspecified atom stereocenters. The molecule has 0 bridgehead atoms. The lowest BCUT2D eigenvalue weighted by Crippen LogP contribution is -2.37. The number of hydrogen-bond donors (Lipinski definition) is 2. The van der Waals surface area contributed by atoms with Crippen molar-refractivity contribution in [3.8, 4) is 0 Å². The van der Waals surface area contributed by atoms with Crippen molar-refractivity contribution in [1.82, 2.24) is 19.4 Å². The van der Waals surface area contributed by atoms with Gasteiger partial charge in [0.1, 0.15) is 4.90 Å². The Labute approximate surface area is 126 Å². The van der Waals surface area contributed by atoms with Gasteiger partial charge in [0.2, 0.25) is 10.0 Å². The molecule has 0 atom stereocenters. The highest BCUT2D eigenvalue weighted by atomic mass is 32.2. The van der Waals surface area contributed by atoms with Crippen LogP contribution >= 0.6 is 0 Å². The SMILES string of the molecule is CN(CCNS(=O)(=O)c1cnn(CCO)c1)C1CCCC1. The van der Waals surface area contributed by atoms with Gasteiger partial charge in [0.05, 0.1) is 19.3 Å². The van der Waals surface area contributed by atoms with Crippen LogP contribution in [-0.4, -0.2) is 61.0 Å². The van der Waals surface area contributed by atoms with Crippen LogP contribution in [0.1, 0.15) is 25.7 Å². The molecule has 1 saturated carbocycles. The van der Waals surface area contributed by atoms with Crippen LogP contribution in [0.5, 0.6) is 0 Å². The van der Waals surface area contributed by atoms with Crippen LogP contribution in [0.2, 0.25) is 0 Å². The lowest BCUT2D eigenvalue weighted by atomic mass is 10.2. The largest absolute Gasteiger partial charge is 0.394 e. The molecule has 0 spiro atoms. The fourth-order valence-electron chi connectivity index (χ4n) is 2.68. The quantitative estimate of drug-likeness (QED) is 0.706. The van der Waals surface area contributed by atoms with Gasteiger partial charge in [-0.1, -0.05) is 12.8 Å². The zero-order valence-corrected chi connectivity index (χ0v) is 13.2. The van der Waals surface area contributed by atoms with E-state index < -0.39 is 10.0 Å². The third-order valence-corrected chi connectivity index (χ3v) is 5.37. The van der Waals surface area contributed by atoms with E-state index in [9.17, 15) is 8.42 Å². The molecule has 2 rings (SSSR count). The van der Waals surface area contributed by atoms with E-state index in [1.165, 1.54) is 42.8 Å². The van der Waals surface area contributed by atoms with Crippen molar-refractivity contribution in [3.05, 3.63) is 12.4 Å². The first-order chi connectivity index (χ1) is 10.0. The van der Waals surface area contributed by atoms with Crippen molar-refractivity contribution in [2.24, 2.45) is 0 Å². The number of aliphatic hydroxyl groups excluding tert-OH is 1. The van der Waals surface area contributed by atoms with Crippen molar-refractivity contribution in [3.63, 3.8) is 0 Å². The summed E-state index contributed by atoms with van der Waals surface area (Å²) in [5.74, 6) is 0. The Balaban J connectivity index is 1.82. The summed E-state index contributed by atoms with van der Waals surface area (Å²) < 4.78 is 28.2. The average molecular weight is 316 g/mol. The van der Waals surface area contributed by atoms with Gasteiger partial charge >= 0.3 is 0 Å². The normalized spacial score (nSPS) is 16.9. The van der Waals surface area contributed by atoms with E-state index in [4.69, 9.17) is 5.11 Å².